The summed E-state index contributed by atoms with van der Waals surface area (Å²) < 4.78 is 1.51. The molecule has 6 heteroatoms. The summed E-state index contributed by atoms with van der Waals surface area (Å²) in [5, 5.41) is 8.79. The molecule has 0 aliphatic heterocycles. The van der Waals surface area contributed by atoms with E-state index in [1.54, 1.807) is 6.20 Å². The maximum Gasteiger partial charge on any atom is 0.323 e. The zero-order chi connectivity index (χ0) is 13.2. The van der Waals surface area contributed by atoms with E-state index in [0.717, 1.165) is 5.56 Å². The van der Waals surface area contributed by atoms with E-state index in [9.17, 15) is 4.79 Å². The summed E-state index contributed by atoms with van der Waals surface area (Å²) in [6, 6.07) is 9.56. The van der Waals surface area contributed by atoms with Crippen molar-refractivity contribution in [3.05, 3.63) is 42.9 Å². The van der Waals surface area contributed by atoms with E-state index in [1.165, 1.54) is 10.9 Å². The van der Waals surface area contributed by atoms with Crippen molar-refractivity contribution in [1.82, 2.24) is 19.5 Å². The van der Waals surface area contributed by atoms with Crippen LogP contribution in [0.1, 0.15) is 0 Å². The number of aromatic nitrogens is 4. The van der Waals surface area contributed by atoms with Crippen molar-refractivity contribution in [2.75, 3.05) is 0 Å². The Bertz CT molecular complexity index is 737. The second-order valence-corrected chi connectivity index (χ2v) is 4.03. The van der Waals surface area contributed by atoms with Crippen LogP contribution >= 0.6 is 0 Å². The molecule has 0 atom stereocenters. The van der Waals surface area contributed by atoms with Gasteiger partial charge in [0, 0.05) is 5.56 Å². The van der Waals surface area contributed by atoms with Gasteiger partial charge in [-0.2, -0.15) is 0 Å². The summed E-state index contributed by atoms with van der Waals surface area (Å²) >= 11 is 0. The lowest BCUT2D eigenvalue weighted by Crippen LogP contribution is -2.07. The van der Waals surface area contributed by atoms with Gasteiger partial charge in [-0.15, -0.1) is 0 Å². The lowest BCUT2D eigenvalue weighted by atomic mass is 10.2. The molecule has 0 amide bonds. The van der Waals surface area contributed by atoms with Crippen molar-refractivity contribution in [2.45, 2.75) is 6.54 Å². The number of imidazole rings is 1. The van der Waals surface area contributed by atoms with Gasteiger partial charge in [0.2, 0.25) is 0 Å². The number of fused-ring (bicyclic) bond motifs is 1. The first-order valence-electron chi connectivity index (χ1n) is 5.69. The third kappa shape index (κ3) is 2.15. The molecular weight excluding hydrogens is 244 g/mol. The molecule has 0 saturated heterocycles. The maximum absolute atomic E-state index is 10.7. The van der Waals surface area contributed by atoms with Crippen LogP contribution in [0.3, 0.4) is 0 Å². The molecule has 0 unspecified atom stereocenters. The third-order valence-corrected chi connectivity index (χ3v) is 2.72. The Balaban J connectivity index is 2.06. The monoisotopic (exact) mass is 254 g/mol. The van der Waals surface area contributed by atoms with Gasteiger partial charge in [-0.1, -0.05) is 30.3 Å². The smallest absolute Gasteiger partial charge is 0.323 e. The van der Waals surface area contributed by atoms with Gasteiger partial charge in [-0.3, -0.25) is 4.79 Å². The Morgan fingerprint density at radius 2 is 2.00 bits per heavy atom. The van der Waals surface area contributed by atoms with Crippen LogP contribution < -0.4 is 0 Å². The molecule has 19 heavy (non-hydrogen) atoms. The van der Waals surface area contributed by atoms with Gasteiger partial charge in [-0.25, -0.2) is 15.0 Å². The highest BCUT2D eigenvalue weighted by Gasteiger charge is 2.09. The number of aliphatic carboxylic acids is 1. The maximum atomic E-state index is 10.7. The first-order valence-corrected chi connectivity index (χ1v) is 5.69. The Labute approximate surface area is 108 Å². The molecule has 6 nitrogen and oxygen atoms in total. The molecule has 3 aromatic rings. The van der Waals surface area contributed by atoms with Crippen molar-refractivity contribution in [3.63, 3.8) is 0 Å². The van der Waals surface area contributed by atoms with Gasteiger partial charge < -0.3 is 9.67 Å². The normalized spacial score (nSPS) is 10.7. The lowest BCUT2D eigenvalue weighted by Gasteiger charge is -2.01. The molecule has 0 aliphatic rings. The molecule has 3 rings (SSSR count). The second kappa shape index (κ2) is 4.49. The highest BCUT2D eigenvalue weighted by atomic mass is 16.4. The molecule has 2 aromatic heterocycles. The number of hydrogen-bond donors (Lipinski definition) is 1. The number of carbonyl (C=O) groups is 1. The topological polar surface area (TPSA) is 80.9 Å². The van der Waals surface area contributed by atoms with Crippen molar-refractivity contribution in [2.24, 2.45) is 0 Å². The molecule has 1 N–H and O–H groups in total. The van der Waals surface area contributed by atoms with Gasteiger partial charge in [0.15, 0.2) is 11.5 Å². The van der Waals surface area contributed by atoms with E-state index < -0.39 is 5.97 Å². The quantitative estimate of drug-likeness (QED) is 0.767. The summed E-state index contributed by atoms with van der Waals surface area (Å²) in [4.78, 5) is 23.4. The fourth-order valence-corrected chi connectivity index (χ4v) is 1.85. The third-order valence-electron chi connectivity index (χ3n) is 2.72. The number of hydrogen-bond acceptors (Lipinski definition) is 4. The molecule has 0 fully saturated rings. The van der Waals surface area contributed by atoms with Crippen LogP contribution in [0.5, 0.6) is 0 Å². The molecule has 2 heterocycles. The summed E-state index contributed by atoms with van der Waals surface area (Å²) in [5.41, 5.74) is 2.01. The zero-order valence-corrected chi connectivity index (χ0v) is 9.89. The van der Waals surface area contributed by atoms with Crippen LogP contribution in [-0.4, -0.2) is 30.6 Å². The van der Waals surface area contributed by atoms with Crippen molar-refractivity contribution in [3.8, 4) is 11.4 Å². The molecule has 0 spiro atoms. The van der Waals surface area contributed by atoms with Crippen LogP contribution in [0, 0.1) is 0 Å². The first kappa shape index (κ1) is 11.3. The fourth-order valence-electron chi connectivity index (χ4n) is 1.85. The van der Waals surface area contributed by atoms with Crippen molar-refractivity contribution in [1.29, 1.82) is 0 Å². The molecule has 0 saturated carbocycles. The fraction of sp³-hybridized carbons (Fsp3) is 0.0769. The Morgan fingerprint density at radius 3 is 2.74 bits per heavy atom. The largest absolute Gasteiger partial charge is 0.480 e. The van der Waals surface area contributed by atoms with Gasteiger partial charge in [0.25, 0.3) is 0 Å². The van der Waals surface area contributed by atoms with E-state index in [-0.39, 0.29) is 6.54 Å². The summed E-state index contributed by atoms with van der Waals surface area (Å²) in [5.74, 6) is -0.347. The molecular formula is C13H10N4O2. The van der Waals surface area contributed by atoms with E-state index in [2.05, 4.69) is 15.0 Å². The first-order chi connectivity index (χ1) is 9.24. The number of carboxylic acids is 1. The van der Waals surface area contributed by atoms with E-state index in [0.29, 0.717) is 17.0 Å². The van der Waals surface area contributed by atoms with Crippen LogP contribution in [0.25, 0.3) is 22.6 Å². The lowest BCUT2D eigenvalue weighted by molar-refractivity contribution is -0.137. The minimum atomic E-state index is -0.925. The minimum absolute atomic E-state index is 0.148. The highest BCUT2D eigenvalue weighted by molar-refractivity contribution is 5.75. The summed E-state index contributed by atoms with van der Waals surface area (Å²) in [7, 11) is 0. The van der Waals surface area contributed by atoms with Crippen molar-refractivity contribution >= 4 is 17.1 Å². The summed E-state index contributed by atoms with van der Waals surface area (Å²) in [6.45, 7) is -0.148. The van der Waals surface area contributed by atoms with Gasteiger partial charge in [0.05, 0.1) is 12.5 Å². The molecule has 0 radical (unpaired) electrons. The predicted molar refractivity (Wildman–Crippen MR) is 68.4 cm³/mol. The van der Waals surface area contributed by atoms with E-state index in [1.807, 2.05) is 30.3 Å². The zero-order valence-electron chi connectivity index (χ0n) is 9.89. The second-order valence-electron chi connectivity index (χ2n) is 4.03. The Morgan fingerprint density at radius 1 is 1.21 bits per heavy atom. The van der Waals surface area contributed by atoms with Crippen molar-refractivity contribution < 1.29 is 9.90 Å². The Kier molecular flexibility index (Phi) is 2.68. The molecule has 0 bridgehead atoms. The van der Waals surface area contributed by atoms with E-state index in [4.69, 9.17) is 5.11 Å². The van der Waals surface area contributed by atoms with Crippen LogP contribution in [0.15, 0.2) is 42.9 Å². The van der Waals surface area contributed by atoms with E-state index >= 15 is 0 Å². The number of nitrogens with zero attached hydrogens (tertiary/aromatic N) is 4. The van der Waals surface area contributed by atoms with Gasteiger partial charge in [0.1, 0.15) is 12.1 Å². The standard InChI is InChI=1S/C13H10N4O2/c18-11(19)7-17-8-15-13-10(17)6-14-12(16-13)9-4-2-1-3-5-9/h1-6,8H,7H2,(H,18,19). The molecule has 94 valence electrons. The average Bonchev–Trinajstić information content (AvgIpc) is 2.81. The molecule has 0 aliphatic carbocycles. The van der Waals surface area contributed by atoms with Gasteiger partial charge in [-0.05, 0) is 0 Å². The molecule has 1 aromatic carbocycles. The minimum Gasteiger partial charge on any atom is -0.480 e. The highest BCUT2D eigenvalue weighted by Crippen LogP contribution is 2.17. The SMILES string of the molecule is O=C(O)Cn1cnc2nc(-c3ccccc3)ncc21. The summed E-state index contributed by atoms with van der Waals surface area (Å²) in [6.07, 6.45) is 3.06. The number of benzene rings is 1. The number of rotatable bonds is 3. The Hall–Kier alpha value is -2.76. The average molecular weight is 254 g/mol. The predicted octanol–water partition coefficient (Wildman–Crippen LogP) is 1.58. The van der Waals surface area contributed by atoms with Crippen LogP contribution in [0.4, 0.5) is 0 Å². The van der Waals surface area contributed by atoms with Crippen LogP contribution in [-0.2, 0) is 11.3 Å². The van der Waals surface area contributed by atoms with Crippen LogP contribution in [0.2, 0.25) is 0 Å². The van der Waals surface area contributed by atoms with Gasteiger partial charge >= 0.3 is 5.97 Å². The number of carboxylic acid groups (broad SMARTS) is 1.